The number of piperazine rings is 1. The van der Waals surface area contributed by atoms with Gasteiger partial charge < -0.3 is 10.1 Å². The molecule has 1 N–H and O–H groups in total. The van der Waals surface area contributed by atoms with Gasteiger partial charge in [0.2, 0.25) is 0 Å². The van der Waals surface area contributed by atoms with Crippen LogP contribution in [-0.2, 0) is 6.18 Å². The van der Waals surface area contributed by atoms with Crippen molar-refractivity contribution in [2.75, 3.05) is 33.3 Å². The number of halogens is 5. The van der Waals surface area contributed by atoms with Crippen LogP contribution in [-0.4, -0.2) is 38.2 Å². The number of benzene rings is 1. The number of nitrogens with zero attached hydrogens (tertiary/aromatic N) is 1. The van der Waals surface area contributed by atoms with Crippen molar-refractivity contribution >= 4 is 24.8 Å². The van der Waals surface area contributed by atoms with Crippen LogP contribution in [0.5, 0.6) is 5.75 Å². The molecule has 0 aromatic heterocycles. The van der Waals surface area contributed by atoms with Crippen LogP contribution in [0.3, 0.4) is 0 Å². The van der Waals surface area contributed by atoms with Crippen LogP contribution < -0.4 is 10.1 Å². The SMILES string of the molecule is COc1ccc([C@H](C2CCCC2)N2CCNCC2)c(C(F)(F)F)c1.Cl.Cl. The van der Waals surface area contributed by atoms with Crippen LogP contribution in [0.15, 0.2) is 18.2 Å². The highest BCUT2D eigenvalue weighted by molar-refractivity contribution is 5.85. The fourth-order valence-electron chi connectivity index (χ4n) is 4.15. The average molecular weight is 415 g/mol. The number of nitrogens with one attached hydrogen (secondary N) is 1. The van der Waals surface area contributed by atoms with E-state index in [4.69, 9.17) is 4.74 Å². The van der Waals surface area contributed by atoms with E-state index in [-0.39, 0.29) is 36.6 Å². The van der Waals surface area contributed by atoms with Gasteiger partial charge in [0, 0.05) is 32.2 Å². The van der Waals surface area contributed by atoms with Crippen molar-refractivity contribution in [3.63, 3.8) is 0 Å². The average Bonchev–Trinajstić information content (AvgIpc) is 3.09. The van der Waals surface area contributed by atoms with Gasteiger partial charge in [0.1, 0.15) is 5.75 Å². The van der Waals surface area contributed by atoms with Gasteiger partial charge >= 0.3 is 6.18 Å². The molecule has 1 aromatic rings. The third kappa shape index (κ3) is 5.18. The molecule has 1 atom stereocenters. The Morgan fingerprint density at radius 2 is 1.73 bits per heavy atom. The predicted molar refractivity (Wildman–Crippen MR) is 102 cm³/mol. The molecule has 1 aliphatic heterocycles. The van der Waals surface area contributed by atoms with Gasteiger partial charge in [-0.25, -0.2) is 0 Å². The summed E-state index contributed by atoms with van der Waals surface area (Å²) in [5.41, 5.74) is -0.130. The minimum Gasteiger partial charge on any atom is -0.497 e. The zero-order valence-corrected chi connectivity index (χ0v) is 16.5. The lowest BCUT2D eigenvalue weighted by Gasteiger charge is -2.39. The van der Waals surface area contributed by atoms with E-state index >= 15 is 0 Å². The molecule has 1 saturated heterocycles. The van der Waals surface area contributed by atoms with Crippen LogP contribution in [0.2, 0.25) is 0 Å². The molecule has 0 unspecified atom stereocenters. The summed E-state index contributed by atoms with van der Waals surface area (Å²) in [6.07, 6.45) is -0.111. The summed E-state index contributed by atoms with van der Waals surface area (Å²) in [5, 5.41) is 3.29. The van der Waals surface area contributed by atoms with Crippen molar-refractivity contribution in [3.05, 3.63) is 29.3 Å². The normalized spacial score (nSPS) is 20.2. The summed E-state index contributed by atoms with van der Waals surface area (Å²) in [6.45, 7) is 3.26. The van der Waals surface area contributed by atoms with Crippen molar-refractivity contribution in [1.82, 2.24) is 10.2 Å². The summed E-state index contributed by atoms with van der Waals surface area (Å²) in [6, 6.07) is 4.29. The minimum absolute atomic E-state index is 0. The lowest BCUT2D eigenvalue weighted by atomic mass is 9.86. The van der Waals surface area contributed by atoms with Crippen LogP contribution in [0, 0.1) is 5.92 Å². The Labute approximate surface area is 165 Å². The largest absolute Gasteiger partial charge is 0.497 e. The lowest BCUT2D eigenvalue weighted by Crippen LogP contribution is -2.47. The molecule has 2 aliphatic rings. The summed E-state index contributed by atoms with van der Waals surface area (Å²) >= 11 is 0. The number of methoxy groups -OCH3 is 1. The smallest absolute Gasteiger partial charge is 0.416 e. The van der Waals surface area contributed by atoms with Crippen molar-refractivity contribution in [3.8, 4) is 5.75 Å². The van der Waals surface area contributed by atoms with Crippen LogP contribution in [0.25, 0.3) is 0 Å². The summed E-state index contributed by atoms with van der Waals surface area (Å²) in [5.74, 6) is 0.564. The molecule has 1 saturated carbocycles. The molecule has 0 amide bonds. The molecule has 1 aromatic carbocycles. The number of ether oxygens (including phenoxy) is 1. The van der Waals surface area contributed by atoms with E-state index in [1.165, 1.54) is 7.11 Å². The monoisotopic (exact) mass is 414 g/mol. The number of rotatable bonds is 4. The molecule has 1 aliphatic carbocycles. The maximum atomic E-state index is 13.7. The fraction of sp³-hybridized carbons (Fsp3) is 0.667. The molecule has 150 valence electrons. The molecular weight excluding hydrogens is 388 g/mol. The Morgan fingerprint density at radius 3 is 2.27 bits per heavy atom. The van der Waals surface area contributed by atoms with Gasteiger partial charge in [0.25, 0.3) is 0 Å². The Balaban J connectivity index is 0.00000169. The van der Waals surface area contributed by atoms with Crippen molar-refractivity contribution in [2.45, 2.75) is 37.9 Å². The quantitative estimate of drug-likeness (QED) is 0.772. The second-order valence-corrected chi connectivity index (χ2v) is 6.73. The molecule has 3 rings (SSSR count). The van der Waals surface area contributed by atoms with E-state index in [1.54, 1.807) is 12.1 Å². The van der Waals surface area contributed by atoms with E-state index < -0.39 is 11.7 Å². The highest BCUT2D eigenvalue weighted by Crippen LogP contribution is 2.45. The summed E-state index contributed by atoms with van der Waals surface area (Å²) in [7, 11) is 1.40. The standard InChI is InChI=1S/C18H25F3N2O.2ClH/c1-24-14-6-7-15(16(12-14)18(19,20)21)17(13-4-2-3-5-13)23-10-8-22-9-11-23;;/h6-7,12-13,17,22H,2-5,8-11H2,1H3;2*1H/t17-;;/m0../s1. The lowest BCUT2D eigenvalue weighted by molar-refractivity contribution is -0.139. The zero-order valence-electron chi connectivity index (χ0n) is 14.8. The number of hydrogen-bond donors (Lipinski definition) is 1. The minimum atomic E-state index is -4.37. The van der Waals surface area contributed by atoms with E-state index in [1.807, 2.05) is 0 Å². The van der Waals surface area contributed by atoms with Crippen LogP contribution in [0.1, 0.15) is 42.9 Å². The predicted octanol–water partition coefficient (Wildman–Crippen LogP) is 4.69. The van der Waals surface area contributed by atoms with Gasteiger partial charge in [-0.2, -0.15) is 13.2 Å². The molecule has 26 heavy (non-hydrogen) atoms. The van der Waals surface area contributed by atoms with Crippen molar-refractivity contribution in [1.29, 1.82) is 0 Å². The highest BCUT2D eigenvalue weighted by atomic mass is 35.5. The molecule has 0 radical (unpaired) electrons. The van der Waals surface area contributed by atoms with E-state index in [2.05, 4.69) is 10.2 Å². The highest BCUT2D eigenvalue weighted by Gasteiger charge is 2.40. The third-order valence-electron chi connectivity index (χ3n) is 5.28. The van der Waals surface area contributed by atoms with Gasteiger partial charge in [-0.1, -0.05) is 18.9 Å². The summed E-state index contributed by atoms with van der Waals surface area (Å²) in [4.78, 5) is 2.24. The van der Waals surface area contributed by atoms with Gasteiger partial charge in [-0.3, -0.25) is 4.90 Å². The Hall–Kier alpha value is -0.690. The van der Waals surface area contributed by atoms with Crippen LogP contribution in [0.4, 0.5) is 13.2 Å². The van der Waals surface area contributed by atoms with Gasteiger partial charge in [0.15, 0.2) is 0 Å². The van der Waals surface area contributed by atoms with Gasteiger partial charge in [-0.15, -0.1) is 24.8 Å². The zero-order chi connectivity index (χ0) is 17.2. The molecule has 1 heterocycles. The molecular formula is C18H27Cl2F3N2O. The molecule has 8 heteroatoms. The summed E-state index contributed by atoms with van der Waals surface area (Å²) < 4.78 is 46.1. The fourth-order valence-corrected chi connectivity index (χ4v) is 4.15. The van der Waals surface area contributed by atoms with Crippen molar-refractivity contribution in [2.24, 2.45) is 5.92 Å². The first-order valence-electron chi connectivity index (χ1n) is 8.70. The third-order valence-corrected chi connectivity index (χ3v) is 5.28. The first kappa shape index (κ1) is 23.3. The maximum absolute atomic E-state index is 13.7. The maximum Gasteiger partial charge on any atom is 0.416 e. The van der Waals surface area contributed by atoms with Crippen molar-refractivity contribution < 1.29 is 17.9 Å². The second-order valence-electron chi connectivity index (χ2n) is 6.73. The number of hydrogen-bond acceptors (Lipinski definition) is 3. The second kappa shape index (κ2) is 10.0. The molecule has 3 nitrogen and oxygen atoms in total. The topological polar surface area (TPSA) is 24.5 Å². The first-order valence-corrected chi connectivity index (χ1v) is 8.70. The van der Waals surface area contributed by atoms with E-state index in [0.717, 1.165) is 57.9 Å². The Kier molecular flexibility index (Phi) is 9.00. The van der Waals surface area contributed by atoms with E-state index in [0.29, 0.717) is 11.5 Å². The Morgan fingerprint density at radius 1 is 1.12 bits per heavy atom. The Bertz CT molecular complexity index is 560. The number of alkyl halides is 3. The van der Waals surface area contributed by atoms with Gasteiger partial charge in [0.05, 0.1) is 12.7 Å². The molecule has 2 fully saturated rings. The van der Waals surface area contributed by atoms with E-state index in [9.17, 15) is 13.2 Å². The van der Waals surface area contributed by atoms with Gasteiger partial charge in [-0.05, 0) is 36.5 Å². The molecule has 0 spiro atoms. The van der Waals surface area contributed by atoms with Crippen LogP contribution >= 0.6 is 24.8 Å². The first-order chi connectivity index (χ1) is 11.5. The molecule has 0 bridgehead atoms.